The van der Waals surface area contributed by atoms with Gasteiger partial charge in [-0.2, -0.15) is 0 Å². The molecule has 2 atom stereocenters. The molecule has 4 heteroatoms. The molecule has 0 aliphatic heterocycles. The van der Waals surface area contributed by atoms with Crippen LogP contribution in [0.15, 0.2) is 0 Å². The van der Waals surface area contributed by atoms with Crippen molar-refractivity contribution in [2.75, 3.05) is 40.5 Å². The standard InChI is InChI=1S/C11H26N2O2/c1-6-13(7-8-14-4)11(3,9-12)10(2)15-5/h10H,6-9,12H2,1-5H3. The topological polar surface area (TPSA) is 47.7 Å². The second kappa shape index (κ2) is 7.17. The Balaban J connectivity index is 4.55. The van der Waals surface area contributed by atoms with Crippen molar-refractivity contribution in [2.45, 2.75) is 32.4 Å². The monoisotopic (exact) mass is 218 g/mol. The maximum Gasteiger partial charge on any atom is 0.0736 e. The Morgan fingerprint density at radius 3 is 2.33 bits per heavy atom. The average molecular weight is 218 g/mol. The van der Waals surface area contributed by atoms with Crippen LogP contribution in [0.2, 0.25) is 0 Å². The number of likely N-dealkylation sites (N-methyl/N-ethyl adjacent to an activating group) is 1. The summed E-state index contributed by atoms with van der Waals surface area (Å²) in [5.41, 5.74) is 5.75. The fourth-order valence-corrected chi connectivity index (χ4v) is 1.78. The summed E-state index contributed by atoms with van der Waals surface area (Å²) in [6.07, 6.45) is 0.110. The van der Waals surface area contributed by atoms with Gasteiger partial charge in [-0.3, -0.25) is 4.90 Å². The summed E-state index contributed by atoms with van der Waals surface area (Å²) in [5, 5.41) is 0. The Kier molecular flexibility index (Phi) is 7.09. The molecule has 15 heavy (non-hydrogen) atoms. The predicted octanol–water partition coefficient (Wildman–Crippen LogP) is 0.707. The summed E-state index contributed by atoms with van der Waals surface area (Å²) < 4.78 is 10.5. The van der Waals surface area contributed by atoms with E-state index >= 15 is 0 Å². The molecular formula is C11H26N2O2. The Labute approximate surface area is 93.7 Å². The van der Waals surface area contributed by atoms with Crippen LogP contribution >= 0.6 is 0 Å². The molecule has 0 aliphatic carbocycles. The van der Waals surface area contributed by atoms with Gasteiger partial charge in [0.25, 0.3) is 0 Å². The second-order valence-corrected chi connectivity index (χ2v) is 4.01. The van der Waals surface area contributed by atoms with Crippen LogP contribution in [0.1, 0.15) is 20.8 Å². The Morgan fingerprint density at radius 2 is 2.00 bits per heavy atom. The van der Waals surface area contributed by atoms with Crippen LogP contribution in [0.25, 0.3) is 0 Å². The van der Waals surface area contributed by atoms with Crippen molar-refractivity contribution < 1.29 is 9.47 Å². The molecule has 0 radical (unpaired) electrons. The van der Waals surface area contributed by atoms with Crippen LogP contribution in [0.3, 0.4) is 0 Å². The molecule has 0 bridgehead atoms. The number of nitrogens with zero attached hydrogens (tertiary/aromatic N) is 1. The molecule has 0 amide bonds. The number of methoxy groups -OCH3 is 2. The highest BCUT2D eigenvalue weighted by Gasteiger charge is 2.35. The summed E-state index contributed by atoms with van der Waals surface area (Å²) >= 11 is 0. The van der Waals surface area contributed by atoms with Gasteiger partial charge in [-0.25, -0.2) is 0 Å². The zero-order valence-electron chi connectivity index (χ0n) is 10.7. The SMILES string of the molecule is CCN(CCOC)C(C)(CN)C(C)OC. The van der Waals surface area contributed by atoms with Crippen molar-refractivity contribution in [2.24, 2.45) is 5.73 Å². The van der Waals surface area contributed by atoms with Gasteiger partial charge in [0.15, 0.2) is 0 Å². The lowest BCUT2D eigenvalue weighted by Gasteiger charge is -2.43. The third-order valence-electron chi connectivity index (χ3n) is 3.31. The molecule has 0 aromatic rings. The minimum atomic E-state index is -0.123. The average Bonchev–Trinajstić information content (AvgIpc) is 2.28. The van der Waals surface area contributed by atoms with Crippen molar-refractivity contribution in [1.82, 2.24) is 4.90 Å². The lowest BCUT2D eigenvalue weighted by Crippen LogP contribution is -2.59. The molecule has 0 aromatic heterocycles. The molecule has 92 valence electrons. The molecule has 0 saturated carbocycles. The Bertz CT molecular complexity index is 167. The van der Waals surface area contributed by atoms with Crippen LogP contribution in [0, 0.1) is 0 Å². The van der Waals surface area contributed by atoms with Crippen molar-refractivity contribution in [1.29, 1.82) is 0 Å². The van der Waals surface area contributed by atoms with E-state index in [4.69, 9.17) is 15.2 Å². The fourth-order valence-electron chi connectivity index (χ4n) is 1.78. The van der Waals surface area contributed by atoms with Gasteiger partial charge in [0.05, 0.1) is 18.2 Å². The fraction of sp³-hybridized carbons (Fsp3) is 1.00. The molecule has 2 N–H and O–H groups in total. The number of hydrogen-bond donors (Lipinski definition) is 1. The first-order valence-corrected chi connectivity index (χ1v) is 5.53. The predicted molar refractivity (Wildman–Crippen MR) is 63.1 cm³/mol. The van der Waals surface area contributed by atoms with Gasteiger partial charge in [0.2, 0.25) is 0 Å². The molecular weight excluding hydrogens is 192 g/mol. The normalized spacial score (nSPS) is 17.8. The van der Waals surface area contributed by atoms with E-state index in [9.17, 15) is 0 Å². The number of hydrogen-bond acceptors (Lipinski definition) is 4. The summed E-state index contributed by atoms with van der Waals surface area (Å²) in [4.78, 5) is 2.31. The highest BCUT2D eigenvalue weighted by atomic mass is 16.5. The largest absolute Gasteiger partial charge is 0.383 e. The van der Waals surface area contributed by atoms with E-state index in [0.29, 0.717) is 6.54 Å². The number of nitrogens with two attached hydrogens (primary N) is 1. The highest BCUT2D eigenvalue weighted by molar-refractivity contribution is 4.92. The first-order chi connectivity index (χ1) is 7.06. The lowest BCUT2D eigenvalue weighted by atomic mass is 9.93. The van der Waals surface area contributed by atoms with Gasteiger partial charge < -0.3 is 15.2 Å². The van der Waals surface area contributed by atoms with Gasteiger partial charge in [0, 0.05) is 27.3 Å². The van der Waals surface area contributed by atoms with Gasteiger partial charge >= 0.3 is 0 Å². The number of ether oxygens (including phenoxy) is 2. The zero-order valence-corrected chi connectivity index (χ0v) is 10.7. The zero-order chi connectivity index (χ0) is 11.9. The maximum atomic E-state index is 5.87. The van der Waals surface area contributed by atoms with Crippen molar-refractivity contribution in [3.05, 3.63) is 0 Å². The van der Waals surface area contributed by atoms with Gasteiger partial charge in [0.1, 0.15) is 0 Å². The summed E-state index contributed by atoms with van der Waals surface area (Å²) in [6.45, 7) is 9.47. The highest BCUT2D eigenvalue weighted by Crippen LogP contribution is 2.20. The van der Waals surface area contributed by atoms with E-state index < -0.39 is 0 Å². The van der Waals surface area contributed by atoms with Crippen LogP contribution in [0.5, 0.6) is 0 Å². The summed E-state index contributed by atoms with van der Waals surface area (Å²) in [7, 11) is 3.44. The van der Waals surface area contributed by atoms with Crippen LogP contribution < -0.4 is 5.73 Å². The second-order valence-electron chi connectivity index (χ2n) is 4.01. The first-order valence-electron chi connectivity index (χ1n) is 5.53. The Hall–Kier alpha value is -0.160. The van der Waals surface area contributed by atoms with E-state index in [1.807, 2.05) is 0 Å². The quantitative estimate of drug-likeness (QED) is 0.652. The van der Waals surface area contributed by atoms with Crippen molar-refractivity contribution in [3.63, 3.8) is 0 Å². The third-order valence-corrected chi connectivity index (χ3v) is 3.31. The van der Waals surface area contributed by atoms with E-state index in [2.05, 4.69) is 25.7 Å². The van der Waals surface area contributed by atoms with Crippen LogP contribution in [0.4, 0.5) is 0 Å². The van der Waals surface area contributed by atoms with Gasteiger partial charge in [-0.15, -0.1) is 0 Å². The minimum absolute atomic E-state index is 0.110. The molecule has 0 heterocycles. The molecule has 0 fully saturated rings. The minimum Gasteiger partial charge on any atom is -0.383 e. The molecule has 0 rings (SSSR count). The molecule has 0 spiro atoms. The van der Waals surface area contributed by atoms with E-state index in [-0.39, 0.29) is 11.6 Å². The van der Waals surface area contributed by atoms with E-state index in [0.717, 1.165) is 19.7 Å². The molecule has 0 aromatic carbocycles. The maximum absolute atomic E-state index is 5.87. The first kappa shape index (κ1) is 14.8. The van der Waals surface area contributed by atoms with Crippen molar-refractivity contribution >= 4 is 0 Å². The summed E-state index contributed by atoms with van der Waals surface area (Å²) in [5.74, 6) is 0. The molecule has 2 unspecified atom stereocenters. The van der Waals surface area contributed by atoms with E-state index in [1.165, 1.54) is 0 Å². The smallest absolute Gasteiger partial charge is 0.0736 e. The number of rotatable bonds is 8. The van der Waals surface area contributed by atoms with Crippen LogP contribution in [-0.4, -0.2) is 57.0 Å². The van der Waals surface area contributed by atoms with Crippen LogP contribution in [-0.2, 0) is 9.47 Å². The molecule has 0 saturated heterocycles. The Morgan fingerprint density at radius 1 is 1.40 bits per heavy atom. The molecule has 4 nitrogen and oxygen atoms in total. The van der Waals surface area contributed by atoms with Gasteiger partial charge in [-0.1, -0.05) is 6.92 Å². The third kappa shape index (κ3) is 3.72. The van der Waals surface area contributed by atoms with E-state index in [1.54, 1.807) is 14.2 Å². The summed E-state index contributed by atoms with van der Waals surface area (Å²) in [6, 6.07) is 0. The van der Waals surface area contributed by atoms with Crippen molar-refractivity contribution in [3.8, 4) is 0 Å². The molecule has 0 aliphatic rings. The van der Waals surface area contributed by atoms with Gasteiger partial charge in [-0.05, 0) is 20.4 Å². The lowest BCUT2D eigenvalue weighted by molar-refractivity contribution is -0.0365.